The monoisotopic (exact) mass is 448 g/mol. The van der Waals surface area contributed by atoms with Crippen molar-refractivity contribution in [1.29, 1.82) is 0 Å². The Morgan fingerprint density at radius 1 is 1.03 bits per heavy atom. The Bertz CT molecular complexity index is 1020. The highest BCUT2D eigenvalue weighted by molar-refractivity contribution is 5.99. The van der Waals surface area contributed by atoms with Gasteiger partial charge in [-0.1, -0.05) is 37.3 Å². The summed E-state index contributed by atoms with van der Waals surface area (Å²) in [6, 6.07) is 17.5. The standard InChI is InChI=1S/C26H32N4O3/c1-3-8-24(32)28-15-13-26(14-16-28)25(33)29(19-30(26)22-11-5-4-6-12-22)18-23(31)27-21-10-7-9-20(2)17-21/h4-7,9-12,17H,3,8,13-16,18-19H2,1-2H3,(H,27,31). The van der Waals surface area contributed by atoms with Gasteiger partial charge in [-0.2, -0.15) is 0 Å². The summed E-state index contributed by atoms with van der Waals surface area (Å²) in [4.78, 5) is 44.5. The summed E-state index contributed by atoms with van der Waals surface area (Å²) in [5, 5.41) is 2.91. The topological polar surface area (TPSA) is 73.0 Å². The number of piperidine rings is 1. The summed E-state index contributed by atoms with van der Waals surface area (Å²) < 4.78 is 0. The van der Waals surface area contributed by atoms with Crippen molar-refractivity contribution in [3.8, 4) is 0 Å². The lowest BCUT2D eigenvalue weighted by Crippen LogP contribution is -2.57. The van der Waals surface area contributed by atoms with Gasteiger partial charge in [0.25, 0.3) is 5.91 Å². The van der Waals surface area contributed by atoms with Crippen LogP contribution in [0.4, 0.5) is 11.4 Å². The molecular formula is C26H32N4O3. The van der Waals surface area contributed by atoms with E-state index in [4.69, 9.17) is 0 Å². The third kappa shape index (κ3) is 4.72. The largest absolute Gasteiger partial charge is 0.342 e. The number of likely N-dealkylation sites (tertiary alicyclic amines) is 1. The van der Waals surface area contributed by atoms with Crippen LogP contribution in [0.3, 0.4) is 0 Å². The molecule has 0 atom stereocenters. The summed E-state index contributed by atoms with van der Waals surface area (Å²) in [6.45, 7) is 5.43. The Morgan fingerprint density at radius 2 is 1.76 bits per heavy atom. The second kappa shape index (κ2) is 9.65. The zero-order valence-corrected chi connectivity index (χ0v) is 19.4. The third-order valence-electron chi connectivity index (χ3n) is 6.63. The van der Waals surface area contributed by atoms with Gasteiger partial charge >= 0.3 is 0 Å². The van der Waals surface area contributed by atoms with E-state index in [0.717, 1.165) is 23.4 Å². The van der Waals surface area contributed by atoms with E-state index in [1.165, 1.54) is 0 Å². The van der Waals surface area contributed by atoms with E-state index in [2.05, 4.69) is 10.2 Å². The van der Waals surface area contributed by atoms with Crippen molar-refractivity contribution in [1.82, 2.24) is 9.80 Å². The van der Waals surface area contributed by atoms with E-state index < -0.39 is 5.54 Å². The minimum absolute atomic E-state index is 0.00363. The maximum atomic E-state index is 13.7. The number of amides is 3. The number of anilines is 2. The first-order valence-electron chi connectivity index (χ1n) is 11.7. The van der Waals surface area contributed by atoms with Crippen molar-refractivity contribution in [3.63, 3.8) is 0 Å². The first-order valence-corrected chi connectivity index (χ1v) is 11.7. The van der Waals surface area contributed by atoms with Crippen molar-refractivity contribution in [3.05, 3.63) is 60.2 Å². The van der Waals surface area contributed by atoms with Gasteiger partial charge in [-0.05, 0) is 56.0 Å². The average Bonchev–Trinajstić information content (AvgIpc) is 3.06. The van der Waals surface area contributed by atoms with Crippen molar-refractivity contribution in [2.24, 2.45) is 0 Å². The minimum atomic E-state index is -0.728. The second-order valence-corrected chi connectivity index (χ2v) is 8.99. The first-order chi connectivity index (χ1) is 15.9. The molecule has 1 N–H and O–H groups in total. The van der Waals surface area contributed by atoms with Gasteiger partial charge in [-0.25, -0.2) is 0 Å². The van der Waals surface area contributed by atoms with Crippen LogP contribution < -0.4 is 10.2 Å². The maximum absolute atomic E-state index is 13.7. The van der Waals surface area contributed by atoms with Crippen molar-refractivity contribution in [2.75, 3.05) is 36.5 Å². The molecule has 2 aliphatic heterocycles. The molecule has 2 aromatic carbocycles. The minimum Gasteiger partial charge on any atom is -0.342 e. The number of nitrogens with one attached hydrogen (secondary N) is 1. The zero-order chi connectivity index (χ0) is 23.4. The Morgan fingerprint density at radius 3 is 2.42 bits per heavy atom. The van der Waals surface area contributed by atoms with E-state index in [1.54, 1.807) is 4.90 Å². The molecule has 0 aliphatic carbocycles. The normalized spacial score (nSPS) is 17.5. The number of para-hydroxylation sites is 1. The molecule has 33 heavy (non-hydrogen) atoms. The molecule has 0 bridgehead atoms. The Labute approximate surface area is 195 Å². The number of benzene rings is 2. The molecule has 174 valence electrons. The van der Waals surface area contributed by atoms with Crippen LogP contribution in [0.1, 0.15) is 38.2 Å². The van der Waals surface area contributed by atoms with Crippen LogP contribution in [-0.4, -0.2) is 59.4 Å². The van der Waals surface area contributed by atoms with Gasteiger partial charge < -0.3 is 20.0 Å². The molecule has 2 aromatic rings. The fourth-order valence-electron chi connectivity index (χ4n) is 4.92. The quantitative estimate of drug-likeness (QED) is 0.735. The lowest BCUT2D eigenvalue weighted by atomic mass is 9.85. The highest BCUT2D eigenvalue weighted by Gasteiger charge is 2.54. The molecule has 7 heteroatoms. The van der Waals surface area contributed by atoms with Crippen LogP contribution in [0.2, 0.25) is 0 Å². The third-order valence-corrected chi connectivity index (χ3v) is 6.63. The van der Waals surface area contributed by atoms with Gasteiger partial charge in [0.05, 0.1) is 6.67 Å². The maximum Gasteiger partial charge on any atom is 0.250 e. The molecule has 4 rings (SSSR count). The van der Waals surface area contributed by atoms with Crippen molar-refractivity contribution in [2.45, 2.75) is 45.1 Å². The van der Waals surface area contributed by atoms with Gasteiger partial charge in [-0.3, -0.25) is 14.4 Å². The number of rotatable bonds is 6. The molecule has 2 aliphatic rings. The molecule has 2 heterocycles. The number of carbonyl (C=O) groups is 3. The smallest absolute Gasteiger partial charge is 0.250 e. The van der Waals surface area contributed by atoms with Crippen LogP contribution in [0.5, 0.6) is 0 Å². The van der Waals surface area contributed by atoms with E-state index in [0.29, 0.717) is 39.0 Å². The Kier molecular flexibility index (Phi) is 6.67. The number of aryl methyl sites for hydroxylation is 1. The summed E-state index contributed by atoms with van der Waals surface area (Å²) >= 11 is 0. The van der Waals surface area contributed by atoms with E-state index in [1.807, 2.05) is 73.3 Å². The SMILES string of the molecule is CCCC(=O)N1CCC2(CC1)C(=O)N(CC(=O)Nc1cccc(C)c1)CN2c1ccccc1. The molecule has 1 spiro atoms. The van der Waals surface area contributed by atoms with Gasteiger partial charge in [0.15, 0.2) is 0 Å². The molecular weight excluding hydrogens is 416 g/mol. The second-order valence-electron chi connectivity index (χ2n) is 8.99. The zero-order valence-electron chi connectivity index (χ0n) is 19.4. The van der Waals surface area contributed by atoms with Crippen LogP contribution in [0, 0.1) is 6.92 Å². The van der Waals surface area contributed by atoms with Crippen LogP contribution in [0.25, 0.3) is 0 Å². The summed E-state index contributed by atoms with van der Waals surface area (Å²) in [6.07, 6.45) is 2.48. The lowest BCUT2D eigenvalue weighted by Gasteiger charge is -2.43. The molecule has 7 nitrogen and oxygen atoms in total. The van der Waals surface area contributed by atoms with E-state index in [9.17, 15) is 14.4 Å². The van der Waals surface area contributed by atoms with Gasteiger partial charge in [0, 0.05) is 30.9 Å². The lowest BCUT2D eigenvalue weighted by molar-refractivity contribution is -0.139. The number of hydrogen-bond acceptors (Lipinski definition) is 4. The molecule has 2 saturated heterocycles. The predicted octanol–water partition coefficient (Wildman–Crippen LogP) is 3.40. The molecule has 0 radical (unpaired) electrons. The summed E-state index contributed by atoms with van der Waals surface area (Å²) in [5.74, 6) is -0.0960. The van der Waals surface area contributed by atoms with Crippen LogP contribution in [-0.2, 0) is 14.4 Å². The van der Waals surface area contributed by atoms with Crippen molar-refractivity contribution < 1.29 is 14.4 Å². The first kappa shape index (κ1) is 22.8. The Balaban J connectivity index is 1.52. The average molecular weight is 449 g/mol. The molecule has 0 aromatic heterocycles. The summed E-state index contributed by atoms with van der Waals surface area (Å²) in [5.41, 5.74) is 2.02. The number of carbonyl (C=O) groups excluding carboxylic acids is 3. The van der Waals surface area contributed by atoms with E-state index in [-0.39, 0.29) is 24.3 Å². The van der Waals surface area contributed by atoms with Gasteiger partial charge in [-0.15, -0.1) is 0 Å². The number of nitrogens with zero attached hydrogens (tertiary/aromatic N) is 3. The van der Waals surface area contributed by atoms with E-state index >= 15 is 0 Å². The fourth-order valence-corrected chi connectivity index (χ4v) is 4.92. The Hall–Kier alpha value is -3.35. The fraction of sp³-hybridized carbons (Fsp3) is 0.423. The molecule has 2 fully saturated rings. The van der Waals surface area contributed by atoms with Gasteiger partial charge in [0.2, 0.25) is 11.8 Å². The van der Waals surface area contributed by atoms with Crippen LogP contribution in [0.15, 0.2) is 54.6 Å². The molecule has 0 saturated carbocycles. The van der Waals surface area contributed by atoms with Crippen LogP contribution >= 0.6 is 0 Å². The molecule has 0 unspecified atom stereocenters. The number of hydrogen-bond donors (Lipinski definition) is 1. The highest BCUT2D eigenvalue weighted by Crippen LogP contribution is 2.39. The predicted molar refractivity (Wildman–Crippen MR) is 129 cm³/mol. The summed E-state index contributed by atoms with van der Waals surface area (Å²) in [7, 11) is 0. The van der Waals surface area contributed by atoms with Crippen molar-refractivity contribution >= 4 is 29.1 Å². The van der Waals surface area contributed by atoms with Gasteiger partial charge in [0.1, 0.15) is 12.1 Å². The molecule has 3 amide bonds. The highest BCUT2D eigenvalue weighted by atomic mass is 16.2.